The van der Waals surface area contributed by atoms with Gasteiger partial charge in [-0.25, -0.2) is 14.2 Å². The Kier molecular flexibility index (Phi) is 3.43. The lowest BCUT2D eigenvalue weighted by molar-refractivity contribution is 0.0732. The number of fused-ring (bicyclic) bond motifs is 2. The molecule has 3 aromatic carbocycles. The quantitative estimate of drug-likeness (QED) is 0.304. The summed E-state index contributed by atoms with van der Waals surface area (Å²) in [6, 6.07) is 20.5. The number of nitrogens with zero attached hydrogens (tertiary/aromatic N) is 1. The van der Waals surface area contributed by atoms with Gasteiger partial charge in [-0.3, -0.25) is 0 Å². The van der Waals surface area contributed by atoms with Crippen molar-refractivity contribution in [3.05, 3.63) is 84.2 Å². The molecule has 24 heavy (non-hydrogen) atoms. The van der Waals surface area contributed by atoms with Crippen LogP contribution in [0.3, 0.4) is 0 Å². The van der Waals surface area contributed by atoms with Gasteiger partial charge in [-0.05, 0) is 24.3 Å². The van der Waals surface area contributed by atoms with Gasteiger partial charge in [0.05, 0.1) is 16.6 Å². The molecule has 1 aromatic heterocycles. The van der Waals surface area contributed by atoms with E-state index >= 15 is 0 Å². The highest BCUT2D eigenvalue weighted by Gasteiger charge is 2.18. The summed E-state index contributed by atoms with van der Waals surface area (Å²) < 4.78 is 19.1. The number of ether oxygens (including phenoxy) is 1. The maximum atomic E-state index is 13.8. The number of hydrogen-bond donors (Lipinski definition) is 0. The number of aromatic nitrogens is 1. The Hall–Kier alpha value is -3.27. The van der Waals surface area contributed by atoms with Crippen molar-refractivity contribution in [1.29, 1.82) is 0 Å². The van der Waals surface area contributed by atoms with Gasteiger partial charge in [0, 0.05) is 10.8 Å². The first-order chi connectivity index (χ1) is 11.7. The Morgan fingerprint density at radius 2 is 1.33 bits per heavy atom. The molecule has 3 nitrogen and oxygen atoms in total. The molecule has 0 spiro atoms. The van der Waals surface area contributed by atoms with Crippen LogP contribution in [0.15, 0.2) is 72.8 Å². The van der Waals surface area contributed by atoms with E-state index in [2.05, 4.69) is 4.98 Å². The third-order valence-corrected chi connectivity index (χ3v) is 3.83. The maximum absolute atomic E-state index is 13.8. The average Bonchev–Trinajstić information content (AvgIpc) is 2.61. The standard InChI is InChI=1S/C20H12FNO2/c21-15-9-3-6-12-18(15)24-20(23)19-13-7-1-4-10-16(13)22-17-11-5-2-8-14(17)19/h1-12H. The van der Waals surface area contributed by atoms with Crippen molar-refractivity contribution < 1.29 is 13.9 Å². The topological polar surface area (TPSA) is 39.2 Å². The van der Waals surface area contributed by atoms with E-state index in [0.717, 1.165) is 0 Å². The van der Waals surface area contributed by atoms with Gasteiger partial charge in [0.1, 0.15) is 0 Å². The van der Waals surface area contributed by atoms with E-state index in [1.807, 2.05) is 48.5 Å². The lowest BCUT2D eigenvalue weighted by Gasteiger charge is -2.11. The number of carbonyl (C=O) groups is 1. The van der Waals surface area contributed by atoms with Crippen molar-refractivity contribution >= 4 is 27.8 Å². The normalized spacial score (nSPS) is 10.9. The summed E-state index contributed by atoms with van der Waals surface area (Å²) in [7, 11) is 0. The van der Waals surface area contributed by atoms with Gasteiger partial charge in [-0.2, -0.15) is 0 Å². The first-order valence-corrected chi connectivity index (χ1v) is 7.48. The molecule has 116 valence electrons. The van der Waals surface area contributed by atoms with Gasteiger partial charge >= 0.3 is 5.97 Å². The van der Waals surface area contributed by atoms with Crippen LogP contribution >= 0.6 is 0 Å². The number of para-hydroxylation sites is 3. The van der Waals surface area contributed by atoms with Crippen molar-refractivity contribution in [3.63, 3.8) is 0 Å². The zero-order chi connectivity index (χ0) is 16.5. The molecule has 0 fully saturated rings. The van der Waals surface area contributed by atoms with Gasteiger partial charge < -0.3 is 4.74 Å². The molecule has 0 saturated carbocycles. The second-order valence-corrected chi connectivity index (χ2v) is 5.34. The smallest absolute Gasteiger partial charge is 0.345 e. The van der Waals surface area contributed by atoms with Gasteiger partial charge in [0.2, 0.25) is 0 Å². The van der Waals surface area contributed by atoms with Crippen molar-refractivity contribution in [2.75, 3.05) is 0 Å². The second kappa shape index (κ2) is 5.74. The molecule has 4 heteroatoms. The van der Waals surface area contributed by atoms with Crippen molar-refractivity contribution in [2.45, 2.75) is 0 Å². The van der Waals surface area contributed by atoms with Gasteiger partial charge in [0.25, 0.3) is 0 Å². The molecule has 0 radical (unpaired) electrons. The lowest BCUT2D eigenvalue weighted by Crippen LogP contribution is -2.11. The summed E-state index contributed by atoms with van der Waals surface area (Å²) in [5.41, 5.74) is 1.77. The van der Waals surface area contributed by atoms with Crippen molar-refractivity contribution in [3.8, 4) is 5.75 Å². The number of pyridine rings is 1. The minimum absolute atomic E-state index is 0.0903. The van der Waals surface area contributed by atoms with E-state index in [1.54, 1.807) is 12.1 Å². The number of benzene rings is 3. The SMILES string of the molecule is O=C(Oc1ccccc1F)c1c2ccccc2nc2ccccc12. The van der Waals surface area contributed by atoms with Crippen LogP contribution in [-0.2, 0) is 0 Å². The van der Waals surface area contributed by atoms with Crippen LogP contribution in [0.1, 0.15) is 10.4 Å². The molecule has 0 bridgehead atoms. The number of hydrogen-bond acceptors (Lipinski definition) is 3. The van der Waals surface area contributed by atoms with Crippen LogP contribution in [0.2, 0.25) is 0 Å². The fraction of sp³-hybridized carbons (Fsp3) is 0. The number of carbonyl (C=O) groups excluding carboxylic acids is 1. The summed E-state index contributed by atoms with van der Waals surface area (Å²) in [6.45, 7) is 0. The molecule has 0 saturated heterocycles. The largest absolute Gasteiger partial charge is 0.420 e. The zero-order valence-electron chi connectivity index (χ0n) is 12.6. The van der Waals surface area contributed by atoms with E-state index in [1.165, 1.54) is 12.1 Å². The summed E-state index contributed by atoms with van der Waals surface area (Å²) in [5, 5.41) is 1.36. The second-order valence-electron chi connectivity index (χ2n) is 5.34. The molecule has 0 atom stereocenters. The summed E-state index contributed by atoms with van der Waals surface area (Å²) in [4.78, 5) is 17.3. The van der Waals surface area contributed by atoms with Gasteiger partial charge in [-0.15, -0.1) is 0 Å². The zero-order valence-corrected chi connectivity index (χ0v) is 12.6. The highest BCUT2D eigenvalue weighted by atomic mass is 19.1. The molecule has 4 aromatic rings. The van der Waals surface area contributed by atoms with Crippen LogP contribution < -0.4 is 4.74 Å². The first-order valence-electron chi connectivity index (χ1n) is 7.48. The molecular weight excluding hydrogens is 305 g/mol. The fourth-order valence-electron chi connectivity index (χ4n) is 2.74. The van der Waals surface area contributed by atoms with E-state index in [4.69, 9.17) is 4.74 Å². The third-order valence-electron chi connectivity index (χ3n) is 3.83. The predicted molar refractivity (Wildman–Crippen MR) is 90.6 cm³/mol. The maximum Gasteiger partial charge on any atom is 0.345 e. The van der Waals surface area contributed by atoms with Crippen molar-refractivity contribution in [2.24, 2.45) is 0 Å². The van der Waals surface area contributed by atoms with E-state index in [-0.39, 0.29) is 5.75 Å². The summed E-state index contributed by atoms with van der Waals surface area (Å²) in [6.07, 6.45) is 0. The molecular formula is C20H12FNO2. The molecule has 4 rings (SSSR count). The molecule has 0 unspecified atom stereocenters. The highest BCUT2D eigenvalue weighted by molar-refractivity contribution is 6.14. The predicted octanol–water partition coefficient (Wildman–Crippen LogP) is 4.75. The molecule has 0 aliphatic carbocycles. The van der Waals surface area contributed by atoms with Crippen LogP contribution in [0.5, 0.6) is 5.75 Å². The number of esters is 1. The summed E-state index contributed by atoms with van der Waals surface area (Å²) in [5.74, 6) is -1.27. The Labute approximate surface area is 137 Å². The first kappa shape index (κ1) is 14.3. The van der Waals surface area contributed by atoms with Crippen LogP contribution in [0, 0.1) is 5.82 Å². The highest BCUT2D eigenvalue weighted by Crippen LogP contribution is 2.27. The van der Waals surface area contributed by atoms with Gasteiger partial charge in [0.15, 0.2) is 11.6 Å². The molecule has 1 heterocycles. The van der Waals surface area contributed by atoms with Gasteiger partial charge in [-0.1, -0.05) is 48.5 Å². The molecule has 0 aliphatic heterocycles. The fourth-order valence-corrected chi connectivity index (χ4v) is 2.74. The molecule has 0 aliphatic rings. The number of rotatable bonds is 2. The molecule has 0 amide bonds. The lowest BCUT2D eigenvalue weighted by atomic mass is 10.0. The average molecular weight is 317 g/mol. The Balaban J connectivity index is 1.93. The minimum Gasteiger partial charge on any atom is -0.420 e. The van der Waals surface area contributed by atoms with Crippen LogP contribution in [0.4, 0.5) is 4.39 Å². The Bertz CT molecular complexity index is 1020. The Morgan fingerprint density at radius 1 is 0.792 bits per heavy atom. The molecule has 0 N–H and O–H groups in total. The van der Waals surface area contributed by atoms with Crippen LogP contribution in [0.25, 0.3) is 21.8 Å². The van der Waals surface area contributed by atoms with Crippen LogP contribution in [-0.4, -0.2) is 11.0 Å². The number of halogens is 1. The monoisotopic (exact) mass is 317 g/mol. The van der Waals surface area contributed by atoms with Crippen molar-refractivity contribution in [1.82, 2.24) is 4.98 Å². The Morgan fingerprint density at radius 3 is 1.96 bits per heavy atom. The van der Waals surface area contributed by atoms with E-state index < -0.39 is 11.8 Å². The van der Waals surface area contributed by atoms with E-state index in [9.17, 15) is 9.18 Å². The third kappa shape index (κ3) is 2.38. The van der Waals surface area contributed by atoms with E-state index in [0.29, 0.717) is 27.4 Å². The minimum atomic E-state index is -0.602. The summed E-state index contributed by atoms with van der Waals surface area (Å²) >= 11 is 0.